The van der Waals surface area contributed by atoms with Crippen molar-refractivity contribution >= 4 is 5.91 Å². The molecule has 4 aromatic rings. The summed E-state index contributed by atoms with van der Waals surface area (Å²) >= 11 is 0. The van der Waals surface area contributed by atoms with Gasteiger partial charge < -0.3 is 9.73 Å². The van der Waals surface area contributed by atoms with E-state index in [1.54, 1.807) is 0 Å². The van der Waals surface area contributed by atoms with Crippen molar-refractivity contribution in [3.8, 4) is 11.5 Å². The minimum Gasteiger partial charge on any atom is -0.418 e. The zero-order chi connectivity index (χ0) is 21.8. The van der Waals surface area contributed by atoms with Gasteiger partial charge in [-0.2, -0.15) is 0 Å². The van der Waals surface area contributed by atoms with Crippen LogP contribution in [0.3, 0.4) is 0 Å². The second kappa shape index (κ2) is 8.56. The molecule has 4 rings (SSSR count). The number of nitrogens with zero attached hydrogens (tertiary/aromatic N) is 2. The number of benzene rings is 3. The lowest BCUT2D eigenvalue weighted by atomic mass is 9.86. The summed E-state index contributed by atoms with van der Waals surface area (Å²) in [5.41, 5.74) is 3.48. The van der Waals surface area contributed by atoms with Gasteiger partial charge in [0.25, 0.3) is 5.91 Å². The first-order chi connectivity index (χ1) is 14.9. The van der Waals surface area contributed by atoms with Crippen molar-refractivity contribution in [3.63, 3.8) is 0 Å². The molecule has 0 fully saturated rings. The molecule has 1 atom stereocenters. The first-order valence-electron chi connectivity index (χ1n) is 10.3. The zero-order valence-electron chi connectivity index (χ0n) is 17.9. The summed E-state index contributed by atoms with van der Waals surface area (Å²) in [5, 5.41) is 11.5. The summed E-state index contributed by atoms with van der Waals surface area (Å²) in [5.74, 6) is 0.554. The molecular weight excluding hydrogens is 386 g/mol. The lowest BCUT2D eigenvalue weighted by Crippen LogP contribution is -2.29. The fourth-order valence-corrected chi connectivity index (χ4v) is 3.32. The maximum absolute atomic E-state index is 13.0. The Hall–Kier alpha value is -3.73. The standard InChI is InChI=1S/C26H25N3O2/c1-26(2,3)21-16-14-19(15-17-21)23(30)27-22(18-10-6-4-7-11-18)25-29-28-24(31-25)20-12-8-5-9-13-20/h4-17,22H,1-3H3,(H,27,30)/t22-/m1/s1. The van der Waals surface area contributed by atoms with Crippen LogP contribution in [0.15, 0.2) is 89.3 Å². The highest BCUT2D eigenvalue weighted by Crippen LogP contribution is 2.26. The van der Waals surface area contributed by atoms with Crippen LogP contribution in [-0.2, 0) is 5.41 Å². The van der Waals surface area contributed by atoms with Crippen LogP contribution in [0.2, 0.25) is 0 Å². The second-order valence-corrected chi connectivity index (χ2v) is 8.46. The van der Waals surface area contributed by atoms with Crippen LogP contribution in [0.5, 0.6) is 0 Å². The van der Waals surface area contributed by atoms with E-state index in [-0.39, 0.29) is 11.3 Å². The van der Waals surface area contributed by atoms with E-state index in [9.17, 15) is 4.79 Å². The molecule has 0 saturated heterocycles. The van der Waals surface area contributed by atoms with E-state index in [4.69, 9.17) is 4.42 Å². The lowest BCUT2D eigenvalue weighted by molar-refractivity contribution is 0.0938. The molecule has 0 bridgehead atoms. The van der Waals surface area contributed by atoms with Crippen molar-refractivity contribution in [1.82, 2.24) is 15.5 Å². The van der Waals surface area contributed by atoms with E-state index in [1.165, 1.54) is 5.56 Å². The van der Waals surface area contributed by atoms with Crippen molar-refractivity contribution in [3.05, 3.63) is 108 Å². The third-order valence-electron chi connectivity index (χ3n) is 5.13. The van der Waals surface area contributed by atoms with Gasteiger partial charge in [-0.15, -0.1) is 10.2 Å². The summed E-state index contributed by atoms with van der Waals surface area (Å²) < 4.78 is 5.95. The van der Waals surface area contributed by atoms with E-state index >= 15 is 0 Å². The Morgan fingerprint density at radius 1 is 0.839 bits per heavy atom. The Morgan fingerprint density at radius 3 is 2.06 bits per heavy atom. The molecule has 31 heavy (non-hydrogen) atoms. The summed E-state index contributed by atoms with van der Waals surface area (Å²) in [6, 6.07) is 26.3. The van der Waals surface area contributed by atoms with E-state index in [0.29, 0.717) is 17.3 Å². The quantitative estimate of drug-likeness (QED) is 0.467. The highest BCUT2D eigenvalue weighted by molar-refractivity contribution is 5.94. The maximum atomic E-state index is 13.0. The average Bonchev–Trinajstić information content (AvgIpc) is 3.28. The van der Waals surface area contributed by atoms with Crippen molar-refractivity contribution in [2.24, 2.45) is 0 Å². The fourth-order valence-electron chi connectivity index (χ4n) is 3.32. The molecule has 0 aliphatic carbocycles. The number of hydrogen-bond acceptors (Lipinski definition) is 4. The summed E-state index contributed by atoms with van der Waals surface area (Å²) in [7, 11) is 0. The van der Waals surface area contributed by atoms with Gasteiger partial charge in [-0.3, -0.25) is 4.79 Å². The predicted octanol–water partition coefficient (Wildman–Crippen LogP) is 5.55. The number of carbonyl (C=O) groups excluding carboxylic acids is 1. The molecule has 0 radical (unpaired) electrons. The Morgan fingerprint density at radius 2 is 1.45 bits per heavy atom. The molecule has 1 N–H and O–H groups in total. The number of nitrogens with one attached hydrogen (secondary N) is 1. The van der Waals surface area contributed by atoms with Gasteiger partial charge in [-0.1, -0.05) is 81.4 Å². The highest BCUT2D eigenvalue weighted by atomic mass is 16.4. The smallest absolute Gasteiger partial charge is 0.252 e. The molecular formula is C26H25N3O2. The van der Waals surface area contributed by atoms with Gasteiger partial charge in [0.15, 0.2) is 0 Å². The predicted molar refractivity (Wildman–Crippen MR) is 121 cm³/mol. The SMILES string of the molecule is CC(C)(C)c1ccc(C(=O)N[C@H](c2ccccc2)c2nnc(-c3ccccc3)o2)cc1. The third kappa shape index (κ3) is 4.72. The first-order valence-corrected chi connectivity index (χ1v) is 10.3. The Kier molecular flexibility index (Phi) is 5.67. The van der Waals surface area contributed by atoms with E-state index < -0.39 is 6.04 Å². The number of aromatic nitrogens is 2. The average molecular weight is 412 g/mol. The van der Waals surface area contributed by atoms with Gasteiger partial charge in [0.2, 0.25) is 11.8 Å². The molecule has 0 aliphatic heterocycles. The molecule has 156 valence electrons. The molecule has 1 aromatic heterocycles. The molecule has 5 heteroatoms. The molecule has 5 nitrogen and oxygen atoms in total. The van der Waals surface area contributed by atoms with Gasteiger partial charge in [-0.25, -0.2) is 0 Å². The maximum Gasteiger partial charge on any atom is 0.252 e. The van der Waals surface area contributed by atoms with Gasteiger partial charge in [0.05, 0.1) is 0 Å². The summed E-state index contributed by atoms with van der Waals surface area (Å²) in [6.45, 7) is 6.44. The topological polar surface area (TPSA) is 68.0 Å². The molecule has 0 spiro atoms. The second-order valence-electron chi connectivity index (χ2n) is 8.46. The summed E-state index contributed by atoms with van der Waals surface area (Å²) in [4.78, 5) is 13.0. The largest absolute Gasteiger partial charge is 0.418 e. The van der Waals surface area contributed by atoms with Crippen LogP contribution in [-0.4, -0.2) is 16.1 Å². The Balaban J connectivity index is 1.62. The number of rotatable bonds is 5. The van der Waals surface area contributed by atoms with Crippen LogP contribution in [0.1, 0.15) is 54.2 Å². The minimum atomic E-state index is -0.555. The molecule has 0 aliphatic rings. The molecule has 1 heterocycles. The van der Waals surface area contributed by atoms with Crippen molar-refractivity contribution < 1.29 is 9.21 Å². The van der Waals surface area contributed by atoms with Gasteiger partial charge in [0, 0.05) is 11.1 Å². The van der Waals surface area contributed by atoms with Gasteiger partial charge in [-0.05, 0) is 40.8 Å². The normalized spacial score (nSPS) is 12.4. The van der Waals surface area contributed by atoms with Crippen molar-refractivity contribution in [1.29, 1.82) is 0 Å². The Labute approximate surface area is 182 Å². The van der Waals surface area contributed by atoms with Gasteiger partial charge >= 0.3 is 0 Å². The Bertz CT molecular complexity index is 1140. The number of amides is 1. The van der Waals surface area contributed by atoms with Crippen molar-refractivity contribution in [2.75, 3.05) is 0 Å². The van der Waals surface area contributed by atoms with Crippen molar-refractivity contribution in [2.45, 2.75) is 32.2 Å². The fraction of sp³-hybridized carbons (Fsp3) is 0.192. The molecule has 1 amide bonds. The molecule has 0 unspecified atom stereocenters. The monoisotopic (exact) mass is 411 g/mol. The lowest BCUT2D eigenvalue weighted by Gasteiger charge is -2.19. The van der Waals surface area contributed by atoms with E-state index in [1.807, 2.05) is 84.9 Å². The third-order valence-corrected chi connectivity index (χ3v) is 5.13. The number of carbonyl (C=O) groups is 1. The van der Waals surface area contributed by atoms with Crippen LogP contribution in [0.25, 0.3) is 11.5 Å². The first kappa shape index (κ1) is 20.5. The molecule has 0 saturated carbocycles. The molecule has 3 aromatic carbocycles. The zero-order valence-corrected chi connectivity index (χ0v) is 17.9. The summed E-state index contributed by atoms with van der Waals surface area (Å²) in [6.07, 6.45) is 0. The van der Waals surface area contributed by atoms with Crippen LogP contribution < -0.4 is 5.32 Å². The van der Waals surface area contributed by atoms with Crippen LogP contribution in [0, 0.1) is 0 Å². The van der Waals surface area contributed by atoms with E-state index in [0.717, 1.165) is 11.1 Å². The van der Waals surface area contributed by atoms with E-state index in [2.05, 4.69) is 36.3 Å². The van der Waals surface area contributed by atoms with Gasteiger partial charge in [0.1, 0.15) is 6.04 Å². The minimum absolute atomic E-state index is 0.0270. The van der Waals surface area contributed by atoms with Crippen LogP contribution in [0.4, 0.5) is 0 Å². The van der Waals surface area contributed by atoms with Crippen LogP contribution >= 0.6 is 0 Å². The number of hydrogen-bond donors (Lipinski definition) is 1. The highest BCUT2D eigenvalue weighted by Gasteiger charge is 2.24.